The molecule has 2 radical (unpaired) electrons. The molecular formula is C22H26Cl2S4. The molecule has 2 aromatic rings. The molecule has 4 unspecified atom stereocenters. The van der Waals surface area contributed by atoms with Crippen molar-refractivity contribution in [2.75, 3.05) is 11.8 Å². The van der Waals surface area contributed by atoms with Crippen LogP contribution < -0.4 is 0 Å². The third-order valence-corrected chi connectivity index (χ3v) is 8.37. The van der Waals surface area contributed by atoms with E-state index in [1.807, 2.05) is 30.0 Å². The van der Waals surface area contributed by atoms with Crippen LogP contribution in [-0.2, 0) is 5.41 Å². The van der Waals surface area contributed by atoms with Gasteiger partial charge in [0.1, 0.15) is 0 Å². The highest BCUT2D eigenvalue weighted by molar-refractivity contribution is 7.87. The first-order valence-corrected chi connectivity index (χ1v) is 12.2. The van der Waals surface area contributed by atoms with Gasteiger partial charge in [-0.3, -0.25) is 0 Å². The zero-order valence-corrected chi connectivity index (χ0v) is 20.5. The monoisotopic (exact) mass is 488 g/mol. The molecule has 4 atom stereocenters. The highest BCUT2D eigenvalue weighted by atomic mass is 35.5. The number of hydrogen-bond donors (Lipinski definition) is 4. The predicted molar refractivity (Wildman–Crippen MR) is 139 cm³/mol. The van der Waals surface area contributed by atoms with Gasteiger partial charge in [-0.05, 0) is 29.9 Å². The first-order valence-electron chi connectivity index (χ1n) is 9.14. The lowest BCUT2D eigenvalue weighted by atomic mass is 9.61. The van der Waals surface area contributed by atoms with E-state index in [1.54, 1.807) is 0 Å². The Kier molecular flexibility index (Phi) is 10.9. The topological polar surface area (TPSA) is 0 Å². The van der Waals surface area contributed by atoms with E-state index in [1.165, 1.54) is 5.56 Å². The van der Waals surface area contributed by atoms with Crippen molar-refractivity contribution in [3.8, 4) is 0 Å². The molecule has 0 fully saturated rings. The van der Waals surface area contributed by atoms with Crippen molar-refractivity contribution < 1.29 is 0 Å². The molecule has 2 aromatic carbocycles. The largest absolute Gasteiger partial charge is 0.175 e. The minimum atomic E-state index is -0.547. The van der Waals surface area contributed by atoms with Gasteiger partial charge >= 0.3 is 0 Å². The summed E-state index contributed by atoms with van der Waals surface area (Å²) in [4.78, 5) is 0. The molecule has 6 heteroatoms. The molecule has 0 aliphatic carbocycles. The van der Waals surface area contributed by atoms with Crippen LogP contribution >= 0.6 is 73.7 Å². The van der Waals surface area contributed by atoms with Gasteiger partial charge < -0.3 is 0 Å². The molecule has 152 valence electrons. The van der Waals surface area contributed by atoms with Crippen molar-refractivity contribution in [3.63, 3.8) is 0 Å². The summed E-state index contributed by atoms with van der Waals surface area (Å²) in [5.74, 6) is 2.72. The Morgan fingerprint density at radius 1 is 0.929 bits per heavy atom. The Hall–Kier alpha value is 0.420. The van der Waals surface area contributed by atoms with Crippen molar-refractivity contribution in [2.45, 2.75) is 34.7 Å². The second-order valence-corrected chi connectivity index (χ2v) is 9.39. The summed E-state index contributed by atoms with van der Waals surface area (Å²) in [7, 11) is 0. The molecule has 28 heavy (non-hydrogen) atoms. The molecule has 2 rings (SSSR count). The lowest BCUT2D eigenvalue weighted by molar-refractivity contribution is 0.360. The molecule has 0 aromatic heterocycles. The summed E-state index contributed by atoms with van der Waals surface area (Å²) < 4.78 is 0. The quantitative estimate of drug-likeness (QED) is 0.188. The Morgan fingerprint density at radius 3 is 2.00 bits per heavy atom. The first kappa shape index (κ1) is 24.7. The highest BCUT2D eigenvalue weighted by Crippen LogP contribution is 2.55. The Morgan fingerprint density at radius 2 is 1.50 bits per heavy atom. The molecule has 0 aliphatic rings. The number of halogens is 2. The fourth-order valence-corrected chi connectivity index (χ4v) is 5.86. The van der Waals surface area contributed by atoms with Crippen LogP contribution in [0.2, 0.25) is 0 Å². The fraction of sp³-hybridized carbons (Fsp3) is 0.364. The van der Waals surface area contributed by atoms with Crippen LogP contribution in [0, 0.1) is 11.0 Å². The molecule has 0 amide bonds. The van der Waals surface area contributed by atoms with Crippen molar-refractivity contribution in [3.05, 3.63) is 82.8 Å². The minimum absolute atomic E-state index is 0.0890. The maximum absolute atomic E-state index is 6.44. The Labute approximate surface area is 201 Å². The van der Waals surface area contributed by atoms with E-state index >= 15 is 0 Å². The van der Waals surface area contributed by atoms with Crippen molar-refractivity contribution in [2.24, 2.45) is 0 Å². The van der Waals surface area contributed by atoms with Crippen molar-refractivity contribution in [1.29, 1.82) is 0 Å². The third-order valence-electron chi connectivity index (χ3n) is 5.14. The van der Waals surface area contributed by atoms with Gasteiger partial charge in [0.2, 0.25) is 0 Å². The van der Waals surface area contributed by atoms with Crippen molar-refractivity contribution in [1.82, 2.24) is 0 Å². The summed E-state index contributed by atoms with van der Waals surface area (Å²) in [6, 6.07) is 20.8. The molecule has 0 heterocycles. The van der Waals surface area contributed by atoms with Crippen LogP contribution in [0.4, 0.5) is 0 Å². The second-order valence-electron chi connectivity index (χ2n) is 6.68. The second kappa shape index (κ2) is 12.3. The maximum Gasteiger partial charge on any atom is 0.0535 e. The van der Waals surface area contributed by atoms with E-state index in [-0.39, 0.29) is 16.4 Å². The predicted octanol–water partition coefficient (Wildman–Crippen LogP) is 7.12. The molecule has 0 N–H and O–H groups in total. The lowest BCUT2D eigenvalue weighted by Gasteiger charge is -2.50. The summed E-state index contributed by atoms with van der Waals surface area (Å²) in [5.41, 5.74) is 1.79. The summed E-state index contributed by atoms with van der Waals surface area (Å²) in [5, 5.41) is 0.520. The van der Waals surface area contributed by atoms with Crippen LogP contribution in [0.3, 0.4) is 0 Å². The van der Waals surface area contributed by atoms with E-state index < -0.39 is 5.41 Å². The number of hydrogen-bond acceptors (Lipinski definition) is 4. The van der Waals surface area contributed by atoms with E-state index in [4.69, 9.17) is 61.1 Å². The Bertz CT molecular complexity index is 685. The van der Waals surface area contributed by atoms with Crippen LogP contribution in [0.15, 0.2) is 60.7 Å². The Balaban J connectivity index is 2.78. The molecular weight excluding hydrogens is 463 g/mol. The van der Waals surface area contributed by atoms with Gasteiger partial charge in [-0.25, -0.2) is 0 Å². The average molecular weight is 490 g/mol. The van der Waals surface area contributed by atoms with Gasteiger partial charge in [-0.2, -0.15) is 50.5 Å². The maximum atomic E-state index is 6.44. The van der Waals surface area contributed by atoms with Crippen LogP contribution in [0.25, 0.3) is 0 Å². The summed E-state index contributed by atoms with van der Waals surface area (Å²) in [6.45, 7) is 0. The zero-order valence-electron chi connectivity index (χ0n) is 15.5. The van der Waals surface area contributed by atoms with Crippen LogP contribution in [0.5, 0.6) is 0 Å². The minimum Gasteiger partial charge on any atom is -0.175 e. The molecule has 0 saturated carbocycles. The van der Waals surface area contributed by atoms with E-state index in [2.05, 4.69) is 49.0 Å². The van der Waals surface area contributed by atoms with E-state index in [9.17, 15) is 0 Å². The van der Waals surface area contributed by atoms with Gasteiger partial charge in [0, 0.05) is 33.4 Å². The SMILES string of the molecule is S[CH]CCC(c1ccccc1)C([C](S)C(S)CCl)(c1ccccc1)C(S)CCl. The third kappa shape index (κ3) is 5.36. The standard InChI is InChI=1S/C22H26Cl2S4/c23-14-19(26)21(28)22(20(27)15-24,17-10-5-2-6-11-17)18(12-7-13-25)16-8-3-1-4-9-16/h1-6,8-11,13,18-20,25-28H,7,12,14-15H2. The molecule has 0 saturated heterocycles. The molecule has 0 spiro atoms. The van der Waals surface area contributed by atoms with E-state index in [0.717, 1.165) is 23.7 Å². The average Bonchev–Trinajstić information content (AvgIpc) is 2.76. The van der Waals surface area contributed by atoms with Gasteiger partial charge in [0.15, 0.2) is 0 Å². The summed E-state index contributed by atoms with van der Waals surface area (Å²) in [6.07, 6.45) is 1.72. The normalized spacial score (nSPS) is 17.1. The van der Waals surface area contributed by atoms with Gasteiger partial charge in [0.05, 0.1) is 5.25 Å². The van der Waals surface area contributed by atoms with Crippen LogP contribution in [-0.4, -0.2) is 22.3 Å². The van der Waals surface area contributed by atoms with Gasteiger partial charge in [-0.15, -0.1) is 23.2 Å². The lowest BCUT2D eigenvalue weighted by Crippen LogP contribution is -2.49. The molecule has 0 bridgehead atoms. The molecule has 0 aliphatic heterocycles. The first-order chi connectivity index (χ1) is 13.5. The smallest absolute Gasteiger partial charge is 0.0535 e. The zero-order chi connectivity index (χ0) is 20.6. The number of alkyl halides is 2. The number of rotatable bonds is 11. The fourth-order valence-electron chi connectivity index (χ4n) is 3.89. The van der Waals surface area contributed by atoms with E-state index in [0.29, 0.717) is 11.8 Å². The van der Waals surface area contributed by atoms with Crippen LogP contribution in [0.1, 0.15) is 29.9 Å². The van der Waals surface area contributed by atoms with Gasteiger partial charge in [0.25, 0.3) is 0 Å². The number of benzene rings is 2. The van der Waals surface area contributed by atoms with Gasteiger partial charge in [-0.1, -0.05) is 60.7 Å². The summed E-state index contributed by atoms with van der Waals surface area (Å²) >= 11 is 31.8. The van der Waals surface area contributed by atoms with Crippen molar-refractivity contribution >= 4 is 73.7 Å². The number of thiol groups is 4. The highest BCUT2D eigenvalue weighted by Gasteiger charge is 2.52. The molecule has 0 nitrogen and oxygen atoms in total.